The molecule has 0 heterocycles. The molecule has 0 aliphatic rings. The van der Waals surface area contributed by atoms with Gasteiger partial charge in [-0.15, -0.1) is 0 Å². The maximum absolute atomic E-state index is 2.45. The molecule has 0 saturated heterocycles. The lowest BCUT2D eigenvalue weighted by Gasteiger charge is -2.38. The maximum Gasteiger partial charge on any atom is 0.0562 e. The predicted molar refractivity (Wildman–Crippen MR) is 230 cm³/mol. The molecule has 8 aromatic carbocycles. The van der Waals surface area contributed by atoms with Gasteiger partial charge in [0.05, 0.1) is 17.1 Å². The van der Waals surface area contributed by atoms with Crippen molar-refractivity contribution in [3.63, 3.8) is 0 Å². The molecule has 8 aromatic rings. The zero-order valence-electron chi connectivity index (χ0n) is 31.0. The van der Waals surface area contributed by atoms with Crippen molar-refractivity contribution in [3.8, 4) is 11.1 Å². The van der Waals surface area contributed by atoms with Crippen molar-refractivity contribution in [2.24, 2.45) is 0 Å². The van der Waals surface area contributed by atoms with Gasteiger partial charge in [0.2, 0.25) is 0 Å². The van der Waals surface area contributed by atoms with Crippen LogP contribution in [0.1, 0.15) is 16.7 Å². The van der Waals surface area contributed by atoms with E-state index in [1.165, 1.54) is 27.8 Å². The van der Waals surface area contributed by atoms with E-state index >= 15 is 0 Å². The van der Waals surface area contributed by atoms with E-state index in [9.17, 15) is 0 Å². The van der Waals surface area contributed by atoms with Gasteiger partial charge in [0, 0.05) is 34.1 Å². The predicted octanol–water partition coefficient (Wildman–Crippen LogP) is 14.7. The van der Waals surface area contributed by atoms with Crippen molar-refractivity contribution in [1.29, 1.82) is 0 Å². The molecule has 0 aliphatic carbocycles. The molecule has 3 nitrogen and oxygen atoms in total. The second-order valence-corrected chi connectivity index (χ2v) is 13.5. The molecular weight excluding hydrogens is 655 g/mol. The summed E-state index contributed by atoms with van der Waals surface area (Å²) in [6.07, 6.45) is 0. The van der Waals surface area contributed by atoms with Crippen LogP contribution in [0.3, 0.4) is 0 Å². The van der Waals surface area contributed by atoms with Crippen LogP contribution in [0.15, 0.2) is 206 Å². The number of benzene rings is 8. The third-order valence-electron chi connectivity index (χ3n) is 10.1. The molecular formula is C51H43N3. The summed E-state index contributed by atoms with van der Waals surface area (Å²) < 4.78 is 0. The van der Waals surface area contributed by atoms with Crippen molar-refractivity contribution in [3.05, 3.63) is 223 Å². The number of anilines is 9. The molecule has 0 radical (unpaired) electrons. The molecule has 0 unspecified atom stereocenters. The first-order valence-corrected chi connectivity index (χ1v) is 18.5. The van der Waals surface area contributed by atoms with Crippen molar-refractivity contribution < 1.29 is 0 Å². The van der Waals surface area contributed by atoms with E-state index in [1.54, 1.807) is 0 Å². The Balaban J connectivity index is 1.50. The van der Waals surface area contributed by atoms with Crippen LogP contribution in [0.5, 0.6) is 0 Å². The van der Waals surface area contributed by atoms with E-state index in [-0.39, 0.29) is 0 Å². The largest absolute Gasteiger partial charge is 0.310 e. The SMILES string of the molecule is Cc1c(N(c2ccccc2)c2ccccc2)c(C)c(N(c2ccccc2)c2cccc(-c3ccccc3)c2)c(C)c1N(c1ccccc1)c1ccccc1. The summed E-state index contributed by atoms with van der Waals surface area (Å²) in [4.78, 5) is 7.30. The first-order chi connectivity index (χ1) is 26.6. The standard InChI is InChI=1S/C51H43N3/c1-38-49(52(43-26-12-5-13-27-43)44-28-14-6-15-29-44)39(2)51(40(3)50(38)53(45-30-16-7-17-31-45)46-32-18-8-19-33-46)54(47-34-20-9-21-35-47)48-36-22-25-42(37-48)41-23-10-4-11-24-41/h4-37H,1-3H3. The van der Waals surface area contributed by atoms with Crippen molar-refractivity contribution in [2.45, 2.75) is 20.8 Å². The van der Waals surface area contributed by atoms with Gasteiger partial charge >= 0.3 is 0 Å². The lowest BCUT2D eigenvalue weighted by atomic mass is 9.93. The normalized spacial score (nSPS) is 10.9. The smallest absolute Gasteiger partial charge is 0.0562 e. The summed E-state index contributed by atoms with van der Waals surface area (Å²) in [6, 6.07) is 73.3. The Labute approximate surface area is 319 Å². The lowest BCUT2D eigenvalue weighted by Crippen LogP contribution is -2.22. The quantitative estimate of drug-likeness (QED) is 0.141. The first kappa shape index (κ1) is 34.3. The number of rotatable bonds is 10. The van der Waals surface area contributed by atoms with Gasteiger partial charge in [-0.25, -0.2) is 0 Å². The lowest BCUT2D eigenvalue weighted by molar-refractivity contribution is 1.13. The van der Waals surface area contributed by atoms with Gasteiger partial charge in [-0.1, -0.05) is 133 Å². The Kier molecular flexibility index (Phi) is 9.78. The average molecular weight is 698 g/mol. The summed E-state index contributed by atoms with van der Waals surface area (Å²) in [7, 11) is 0. The van der Waals surface area contributed by atoms with Crippen LogP contribution in [0.4, 0.5) is 51.2 Å². The minimum atomic E-state index is 1.09. The molecule has 3 heteroatoms. The second kappa shape index (κ2) is 15.4. The Hall–Kier alpha value is -6.84. The van der Waals surface area contributed by atoms with Crippen LogP contribution in [-0.2, 0) is 0 Å². The van der Waals surface area contributed by atoms with E-state index in [0.717, 1.165) is 51.2 Å². The Morgan fingerprint density at radius 2 is 0.481 bits per heavy atom. The Morgan fingerprint density at radius 3 is 0.796 bits per heavy atom. The van der Waals surface area contributed by atoms with Gasteiger partial charge in [0.15, 0.2) is 0 Å². The summed E-state index contributed by atoms with van der Waals surface area (Å²) in [6.45, 7) is 6.87. The monoisotopic (exact) mass is 697 g/mol. The summed E-state index contributed by atoms with van der Waals surface area (Å²) in [5.41, 5.74) is 15.9. The van der Waals surface area contributed by atoms with E-state index in [4.69, 9.17) is 0 Å². The number of hydrogen-bond acceptors (Lipinski definition) is 3. The van der Waals surface area contributed by atoms with Gasteiger partial charge < -0.3 is 14.7 Å². The van der Waals surface area contributed by atoms with Crippen LogP contribution in [0.25, 0.3) is 11.1 Å². The molecule has 0 amide bonds. The fraction of sp³-hybridized carbons (Fsp3) is 0.0588. The fourth-order valence-electron chi connectivity index (χ4n) is 7.75. The highest BCUT2D eigenvalue weighted by atomic mass is 15.2. The third kappa shape index (κ3) is 6.64. The highest BCUT2D eigenvalue weighted by molar-refractivity contribution is 5.97. The van der Waals surface area contributed by atoms with E-state index in [0.29, 0.717) is 0 Å². The summed E-state index contributed by atoms with van der Waals surface area (Å²) >= 11 is 0. The fourth-order valence-corrected chi connectivity index (χ4v) is 7.75. The highest BCUT2D eigenvalue weighted by Gasteiger charge is 2.30. The van der Waals surface area contributed by atoms with Crippen molar-refractivity contribution in [1.82, 2.24) is 0 Å². The third-order valence-corrected chi connectivity index (χ3v) is 10.1. The van der Waals surface area contributed by atoms with Crippen LogP contribution >= 0.6 is 0 Å². The van der Waals surface area contributed by atoms with Gasteiger partial charge in [0.1, 0.15) is 0 Å². The van der Waals surface area contributed by atoms with Gasteiger partial charge in [-0.05, 0) is 121 Å². The highest BCUT2D eigenvalue weighted by Crippen LogP contribution is 2.53. The number of hydrogen-bond donors (Lipinski definition) is 0. The van der Waals surface area contributed by atoms with Crippen molar-refractivity contribution in [2.75, 3.05) is 14.7 Å². The minimum Gasteiger partial charge on any atom is -0.310 e. The van der Waals surface area contributed by atoms with Crippen LogP contribution in [-0.4, -0.2) is 0 Å². The Morgan fingerprint density at radius 1 is 0.241 bits per heavy atom. The minimum absolute atomic E-state index is 1.09. The Bertz CT molecular complexity index is 2260. The van der Waals surface area contributed by atoms with Crippen LogP contribution in [0, 0.1) is 20.8 Å². The van der Waals surface area contributed by atoms with Crippen molar-refractivity contribution >= 4 is 51.2 Å². The number of nitrogens with zero attached hydrogens (tertiary/aromatic N) is 3. The molecule has 0 aliphatic heterocycles. The molecule has 262 valence electrons. The van der Waals surface area contributed by atoms with Gasteiger partial charge in [0.25, 0.3) is 0 Å². The zero-order valence-corrected chi connectivity index (χ0v) is 31.0. The maximum atomic E-state index is 2.45. The van der Waals surface area contributed by atoms with Gasteiger partial charge in [-0.2, -0.15) is 0 Å². The molecule has 0 spiro atoms. The van der Waals surface area contributed by atoms with E-state index in [1.807, 2.05) is 0 Å². The molecule has 54 heavy (non-hydrogen) atoms. The molecule has 0 atom stereocenters. The first-order valence-electron chi connectivity index (χ1n) is 18.5. The molecule has 0 bridgehead atoms. The number of para-hydroxylation sites is 5. The van der Waals surface area contributed by atoms with Gasteiger partial charge in [-0.3, -0.25) is 0 Å². The van der Waals surface area contributed by atoms with Crippen LogP contribution in [0.2, 0.25) is 0 Å². The molecule has 0 fully saturated rings. The van der Waals surface area contributed by atoms with Crippen LogP contribution < -0.4 is 14.7 Å². The topological polar surface area (TPSA) is 9.72 Å². The average Bonchev–Trinajstić information content (AvgIpc) is 3.24. The second-order valence-electron chi connectivity index (χ2n) is 13.5. The zero-order chi connectivity index (χ0) is 36.9. The molecule has 0 aromatic heterocycles. The summed E-state index contributed by atoms with van der Waals surface area (Å²) in [5, 5.41) is 0. The summed E-state index contributed by atoms with van der Waals surface area (Å²) in [5.74, 6) is 0. The van der Waals surface area contributed by atoms with E-state index in [2.05, 4.69) is 242 Å². The molecule has 0 N–H and O–H groups in total. The molecule has 0 saturated carbocycles. The van der Waals surface area contributed by atoms with E-state index < -0.39 is 0 Å². The molecule has 8 rings (SSSR count).